The van der Waals surface area contributed by atoms with Crippen molar-refractivity contribution in [2.45, 2.75) is 40.9 Å². The highest BCUT2D eigenvalue weighted by Gasteiger charge is 2.38. The van der Waals surface area contributed by atoms with Crippen molar-refractivity contribution in [2.24, 2.45) is 0 Å². The number of thioether (sulfide) groups is 1. The fourth-order valence-corrected chi connectivity index (χ4v) is 7.29. The number of benzene rings is 3. The van der Waals surface area contributed by atoms with E-state index in [0.29, 0.717) is 66.2 Å². The van der Waals surface area contributed by atoms with Crippen LogP contribution in [0.25, 0.3) is 11.3 Å². The van der Waals surface area contributed by atoms with Crippen LogP contribution >= 0.6 is 11.8 Å². The summed E-state index contributed by atoms with van der Waals surface area (Å²) < 4.78 is 42.6. The Morgan fingerprint density at radius 1 is 1.06 bits per heavy atom. The van der Waals surface area contributed by atoms with E-state index in [0.717, 1.165) is 11.8 Å². The molecule has 3 heterocycles. The summed E-state index contributed by atoms with van der Waals surface area (Å²) in [6.07, 6.45) is 0.256. The molecule has 1 N–H and O–H groups in total. The van der Waals surface area contributed by atoms with Crippen LogP contribution in [0, 0.1) is 16.5 Å². The van der Waals surface area contributed by atoms with Gasteiger partial charge in [-0.1, -0.05) is 72.4 Å². The lowest BCUT2D eigenvalue weighted by atomic mass is 10.0. The van der Waals surface area contributed by atoms with Crippen LogP contribution in [0.3, 0.4) is 0 Å². The van der Waals surface area contributed by atoms with Crippen LogP contribution in [-0.4, -0.2) is 61.0 Å². The molecule has 0 saturated carbocycles. The fourth-order valence-electron chi connectivity index (χ4n) is 5.37. The number of hydrogen-bond donors (Lipinski definition) is 1. The van der Waals surface area contributed by atoms with Crippen LogP contribution in [0.2, 0.25) is 0 Å². The number of hydrogen-bond acceptors (Lipinski definition) is 13. The van der Waals surface area contributed by atoms with Crippen molar-refractivity contribution in [3.05, 3.63) is 95.7 Å². The minimum absolute atomic E-state index is 0.00157. The Morgan fingerprint density at radius 2 is 1.74 bits per heavy atom. The number of ether oxygens (including phenoxy) is 2. The number of anilines is 2. The number of nitrogens with one attached hydrogen (secondary N) is 1. The van der Waals surface area contributed by atoms with E-state index in [1.54, 1.807) is 36.4 Å². The third kappa shape index (κ3) is 7.48. The van der Waals surface area contributed by atoms with E-state index in [9.17, 15) is 23.7 Å². The Morgan fingerprint density at radius 3 is 2.44 bits per heavy atom. The molecule has 1 fully saturated rings. The quantitative estimate of drug-likeness (QED) is 0.107. The lowest BCUT2D eigenvalue weighted by Gasteiger charge is -2.32. The van der Waals surface area contributed by atoms with Crippen LogP contribution in [0.1, 0.15) is 25.3 Å². The summed E-state index contributed by atoms with van der Waals surface area (Å²) in [5, 5.41) is 28.7. The molecule has 1 aliphatic rings. The Bertz CT molecular complexity index is 2120. The molecule has 0 aliphatic carbocycles. The number of amides is 1. The van der Waals surface area contributed by atoms with Gasteiger partial charge >= 0.3 is 10.9 Å². The standard InChI is InChI=1S/C34H31N7O7S2/c1-2-46-28-16-10-9-15-27(28)36-29(42)22-49-34-37-30(23-11-5-3-6-12-23)26(21-35)31(38-34)40-19-17-24(18-20-40)47-32-33(41(43)48-39-32)50(44,45)25-13-7-4-8-14-25/h3-16,24H,2,17-20,22H2,1H3,(H,36,42). The largest absolute Gasteiger partial charge is 0.492 e. The number of aromatic nitrogens is 4. The number of piperidine rings is 1. The molecule has 1 saturated heterocycles. The van der Waals surface area contributed by atoms with Crippen LogP contribution < -0.4 is 24.6 Å². The molecule has 14 nitrogen and oxygen atoms in total. The van der Waals surface area contributed by atoms with E-state index in [2.05, 4.69) is 21.2 Å². The predicted octanol–water partition coefficient (Wildman–Crippen LogP) is 4.65. The van der Waals surface area contributed by atoms with Crippen LogP contribution in [0.5, 0.6) is 11.6 Å². The van der Waals surface area contributed by atoms with Gasteiger partial charge in [-0.15, -0.1) is 0 Å². The summed E-state index contributed by atoms with van der Waals surface area (Å²) >= 11 is 1.14. The number of nitrogens with zero attached hydrogens (tertiary/aromatic N) is 6. The predicted molar refractivity (Wildman–Crippen MR) is 182 cm³/mol. The fraction of sp³-hybridized carbons (Fsp3) is 0.235. The second-order valence-corrected chi connectivity index (χ2v) is 13.8. The first kappa shape index (κ1) is 34.2. The van der Waals surface area contributed by atoms with Gasteiger partial charge in [0.25, 0.3) is 9.84 Å². The van der Waals surface area contributed by atoms with Crippen molar-refractivity contribution in [3.63, 3.8) is 0 Å². The summed E-state index contributed by atoms with van der Waals surface area (Å²) in [5.74, 6) is 0.261. The number of carbonyl (C=O) groups is 1. The maximum absolute atomic E-state index is 13.2. The normalized spacial score (nSPS) is 13.4. The molecule has 50 heavy (non-hydrogen) atoms. The first-order chi connectivity index (χ1) is 24.3. The minimum atomic E-state index is -4.27. The molecule has 0 bridgehead atoms. The van der Waals surface area contributed by atoms with E-state index in [-0.39, 0.29) is 27.0 Å². The van der Waals surface area contributed by atoms with Crippen LogP contribution in [0.4, 0.5) is 11.5 Å². The molecule has 256 valence electrons. The Labute approximate surface area is 292 Å². The maximum Gasteiger partial charge on any atom is 0.415 e. The maximum atomic E-state index is 13.2. The monoisotopic (exact) mass is 713 g/mol. The summed E-state index contributed by atoms with van der Waals surface area (Å²) in [6, 6.07) is 26.2. The summed E-state index contributed by atoms with van der Waals surface area (Å²) in [4.78, 5) is 24.0. The number of rotatable bonds is 12. The van der Waals surface area contributed by atoms with Crippen molar-refractivity contribution in [2.75, 3.05) is 35.7 Å². The third-order valence-electron chi connectivity index (χ3n) is 7.70. The van der Waals surface area contributed by atoms with Crippen molar-refractivity contribution < 1.29 is 32.2 Å². The molecule has 5 aromatic rings. The average Bonchev–Trinajstić information content (AvgIpc) is 3.52. The van der Waals surface area contributed by atoms with E-state index in [1.165, 1.54) is 12.1 Å². The van der Waals surface area contributed by atoms with E-state index in [1.807, 2.05) is 48.2 Å². The zero-order valence-electron chi connectivity index (χ0n) is 26.8. The molecule has 1 aliphatic heterocycles. The molecule has 3 aromatic carbocycles. The van der Waals surface area contributed by atoms with Crippen molar-refractivity contribution in [3.8, 4) is 29.0 Å². The molecule has 0 atom stereocenters. The first-order valence-electron chi connectivity index (χ1n) is 15.6. The molecule has 0 spiro atoms. The molecule has 2 aromatic heterocycles. The first-order valence-corrected chi connectivity index (χ1v) is 18.1. The lowest BCUT2D eigenvalue weighted by Crippen LogP contribution is -2.39. The summed E-state index contributed by atoms with van der Waals surface area (Å²) in [7, 11) is -4.27. The van der Waals surface area contributed by atoms with Crippen molar-refractivity contribution >= 4 is 39.0 Å². The number of para-hydroxylation sites is 2. The smallest absolute Gasteiger partial charge is 0.415 e. The van der Waals surface area contributed by atoms with Gasteiger partial charge in [0.15, 0.2) is 11.0 Å². The van der Waals surface area contributed by atoms with Gasteiger partial charge < -0.3 is 24.9 Å². The van der Waals surface area contributed by atoms with E-state index >= 15 is 0 Å². The second kappa shape index (κ2) is 15.3. The Kier molecular flexibility index (Phi) is 10.4. The molecule has 6 rings (SSSR count). The molecule has 0 radical (unpaired) electrons. The van der Waals surface area contributed by atoms with Crippen molar-refractivity contribution in [1.29, 1.82) is 5.26 Å². The van der Waals surface area contributed by atoms with Gasteiger partial charge in [0, 0.05) is 31.5 Å². The highest BCUT2D eigenvalue weighted by Crippen LogP contribution is 2.34. The van der Waals surface area contributed by atoms with Gasteiger partial charge in [-0.25, -0.2) is 18.4 Å². The number of sulfone groups is 1. The van der Waals surface area contributed by atoms with E-state index in [4.69, 9.17) is 19.4 Å². The van der Waals surface area contributed by atoms with Gasteiger partial charge in [-0.3, -0.25) is 9.42 Å². The van der Waals surface area contributed by atoms with Gasteiger partial charge in [0.2, 0.25) is 5.91 Å². The zero-order chi connectivity index (χ0) is 35.1. The SMILES string of the molecule is CCOc1ccccc1NC(=O)CSc1nc(-c2ccccc2)c(C#N)c(N2CCC(Oc3no[n+]([O-])c3S(=O)(=O)c3ccccc3)CC2)n1. The minimum Gasteiger partial charge on any atom is -0.492 e. The summed E-state index contributed by atoms with van der Waals surface area (Å²) in [5.41, 5.74) is 1.97. The van der Waals surface area contributed by atoms with Gasteiger partial charge in [0.1, 0.15) is 23.5 Å². The molecule has 16 heteroatoms. The second-order valence-electron chi connectivity index (χ2n) is 11.0. The van der Waals surface area contributed by atoms with Crippen molar-refractivity contribution in [1.82, 2.24) is 15.1 Å². The van der Waals surface area contributed by atoms with Crippen LogP contribution in [-0.2, 0) is 14.6 Å². The Balaban J connectivity index is 1.20. The van der Waals surface area contributed by atoms with Gasteiger partial charge in [-0.05, 0) is 36.1 Å². The van der Waals surface area contributed by atoms with Gasteiger partial charge in [0.05, 0.1) is 33.8 Å². The number of carbonyl (C=O) groups excluding carboxylic acids is 1. The zero-order valence-corrected chi connectivity index (χ0v) is 28.4. The van der Waals surface area contributed by atoms with Gasteiger partial charge in [-0.2, -0.15) is 5.26 Å². The highest BCUT2D eigenvalue weighted by molar-refractivity contribution is 7.99. The lowest BCUT2D eigenvalue weighted by molar-refractivity contribution is -0.832. The number of nitriles is 1. The third-order valence-corrected chi connectivity index (χ3v) is 10.3. The molecular weight excluding hydrogens is 683 g/mol. The molecule has 1 amide bonds. The van der Waals surface area contributed by atoms with Crippen LogP contribution in [0.15, 0.2) is 105 Å². The Hall–Kier alpha value is -5.66. The summed E-state index contributed by atoms with van der Waals surface area (Å²) in [6.45, 7) is 3.06. The topological polar surface area (TPSA) is 187 Å². The van der Waals surface area contributed by atoms with E-state index < -0.39 is 26.8 Å². The molecule has 0 unspecified atom stereocenters. The molecular formula is C34H31N7O7S2. The average molecular weight is 714 g/mol. The highest BCUT2D eigenvalue weighted by atomic mass is 32.2.